The summed E-state index contributed by atoms with van der Waals surface area (Å²) in [5.41, 5.74) is 4.33. The standard InChI is InChI=1S/C24H29N5O/c30-24-21-17-28(12-11-22(21)26-23(27-24)20-9-5-2-6-10-20)14-19-13-25-29(16-19)15-18-7-3-1-4-8-18/h1,3-4,7-8,13,16,20H,2,5-6,9-12,14-15,17H2,(H,26,27,30). The molecule has 1 saturated carbocycles. The fourth-order valence-corrected chi connectivity index (χ4v) is 4.81. The first-order valence-electron chi connectivity index (χ1n) is 11.1. The Hall–Kier alpha value is -2.73. The number of nitrogens with zero attached hydrogens (tertiary/aromatic N) is 4. The van der Waals surface area contributed by atoms with Gasteiger partial charge in [0.2, 0.25) is 0 Å². The van der Waals surface area contributed by atoms with Crippen LogP contribution in [-0.4, -0.2) is 31.2 Å². The van der Waals surface area contributed by atoms with Gasteiger partial charge in [-0.2, -0.15) is 5.10 Å². The number of H-pyrrole nitrogens is 1. The van der Waals surface area contributed by atoms with Gasteiger partial charge < -0.3 is 4.98 Å². The molecule has 6 heteroatoms. The van der Waals surface area contributed by atoms with Crippen molar-refractivity contribution in [1.82, 2.24) is 24.6 Å². The zero-order valence-electron chi connectivity index (χ0n) is 17.4. The summed E-state index contributed by atoms with van der Waals surface area (Å²) in [4.78, 5) is 23.1. The van der Waals surface area contributed by atoms with Crippen molar-refractivity contribution in [1.29, 1.82) is 0 Å². The summed E-state index contributed by atoms with van der Waals surface area (Å²) in [7, 11) is 0. The van der Waals surface area contributed by atoms with Crippen molar-refractivity contribution in [3.63, 3.8) is 0 Å². The maximum Gasteiger partial charge on any atom is 0.255 e. The molecule has 6 nitrogen and oxygen atoms in total. The molecule has 1 aliphatic carbocycles. The zero-order chi connectivity index (χ0) is 20.3. The lowest BCUT2D eigenvalue weighted by Gasteiger charge is -2.28. The van der Waals surface area contributed by atoms with Crippen molar-refractivity contribution in [2.24, 2.45) is 0 Å². The fraction of sp³-hybridized carbons (Fsp3) is 0.458. The number of rotatable bonds is 5. The van der Waals surface area contributed by atoms with Gasteiger partial charge in [0.15, 0.2) is 0 Å². The Bertz CT molecular complexity index is 1050. The van der Waals surface area contributed by atoms with Crippen molar-refractivity contribution >= 4 is 0 Å². The Balaban J connectivity index is 1.25. The van der Waals surface area contributed by atoms with E-state index in [0.29, 0.717) is 12.5 Å². The minimum atomic E-state index is 0.0602. The Morgan fingerprint density at radius 3 is 2.70 bits per heavy atom. The van der Waals surface area contributed by atoms with Gasteiger partial charge in [0.25, 0.3) is 5.56 Å². The van der Waals surface area contributed by atoms with E-state index in [-0.39, 0.29) is 5.56 Å². The van der Waals surface area contributed by atoms with Crippen LogP contribution in [0.15, 0.2) is 47.5 Å². The van der Waals surface area contributed by atoms with Crippen molar-refractivity contribution in [3.8, 4) is 0 Å². The van der Waals surface area contributed by atoms with Crippen LogP contribution in [0.5, 0.6) is 0 Å². The lowest BCUT2D eigenvalue weighted by molar-refractivity contribution is 0.241. The van der Waals surface area contributed by atoms with Gasteiger partial charge in [0.05, 0.1) is 24.0 Å². The molecule has 1 aliphatic heterocycles. The minimum absolute atomic E-state index is 0.0602. The van der Waals surface area contributed by atoms with Crippen LogP contribution < -0.4 is 5.56 Å². The highest BCUT2D eigenvalue weighted by atomic mass is 16.1. The van der Waals surface area contributed by atoms with E-state index >= 15 is 0 Å². The quantitative estimate of drug-likeness (QED) is 0.707. The largest absolute Gasteiger partial charge is 0.310 e. The number of aromatic nitrogens is 4. The maximum absolute atomic E-state index is 12.8. The van der Waals surface area contributed by atoms with Gasteiger partial charge in [0, 0.05) is 43.7 Å². The Morgan fingerprint density at radius 2 is 1.87 bits per heavy atom. The highest BCUT2D eigenvalue weighted by Gasteiger charge is 2.24. The second-order valence-electron chi connectivity index (χ2n) is 8.70. The van der Waals surface area contributed by atoms with Crippen LogP contribution in [0, 0.1) is 0 Å². The third kappa shape index (κ3) is 4.24. The molecule has 0 amide bonds. The molecule has 1 N–H and O–H groups in total. The van der Waals surface area contributed by atoms with E-state index < -0.39 is 0 Å². The van der Waals surface area contributed by atoms with E-state index in [4.69, 9.17) is 4.98 Å². The average Bonchev–Trinajstić information content (AvgIpc) is 3.22. The molecule has 0 unspecified atom stereocenters. The SMILES string of the molecule is O=c1[nH]c(C2CCCCC2)nc2c1CN(Cc1cnn(Cc3ccccc3)c1)CC2. The first kappa shape index (κ1) is 19.2. The second kappa shape index (κ2) is 8.56. The Kier molecular flexibility index (Phi) is 5.49. The van der Waals surface area contributed by atoms with Gasteiger partial charge in [-0.15, -0.1) is 0 Å². The van der Waals surface area contributed by atoms with Crippen molar-refractivity contribution in [2.45, 2.75) is 64.1 Å². The summed E-state index contributed by atoms with van der Waals surface area (Å²) in [6, 6.07) is 10.4. The van der Waals surface area contributed by atoms with Gasteiger partial charge >= 0.3 is 0 Å². The monoisotopic (exact) mass is 403 g/mol. The van der Waals surface area contributed by atoms with E-state index in [1.807, 2.05) is 16.9 Å². The van der Waals surface area contributed by atoms with Crippen LogP contribution in [-0.2, 0) is 26.1 Å². The zero-order valence-corrected chi connectivity index (χ0v) is 17.4. The van der Waals surface area contributed by atoms with Gasteiger partial charge in [-0.3, -0.25) is 14.4 Å². The summed E-state index contributed by atoms with van der Waals surface area (Å²) in [6.07, 6.45) is 11.0. The van der Waals surface area contributed by atoms with Crippen molar-refractivity contribution in [2.75, 3.05) is 6.54 Å². The average molecular weight is 404 g/mol. The molecule has 0 radical (unpaired) electrons. The van der Waals surface area contributed by atoms with Gasteiger partial charge in [0.1, 0.15) is 5.82 Å². The van der Waals surface area contributed by atoms with Crippen LogP contribution in [0.4, 0.5) is 0 Å². The van der Waals surface area contributed by atoms with E-state index in [1.165, 1.54) is 30.4 Å². The maximum atomic E-state index is 12.8. The first-order chi connectivity index (χ1) is 14.7. The molecule has 30 heavy (non-hydrogen) atoms. The van der Waals surface area contributed by atoms with Gasteiger partial charge in [-0.1, -0.05) is 49.6 Å². The summed E-state index contributed by atoms with van der Waals surface area (Å²) in [5, 5.41) is 4.51. The Morgan fingerprint density at radius 1 is 1.03 bits per heavy atom. The van der Waals surface area contributed by atoms with Crippen LogP contribution in [0.25, 0.3) is 0 Å². The van der Waals surface area contributed by atoms with Crippen LogP contribution >= 0.6 is 0 Å². The highest BCUT2D eigenvalue weighted by Crippen LogP contribution is 2.30. The number of fused-ring (bicyclic) bond motifs is 1. The molecule has 156 valence electrons. The smallest absolute Gasteiger partial charge is 0.255 e. The molecule has 2 aliphatic rings. The molecule has 3 heterocycles. The third-order valence-electron chi connectivity index (χ3n) is 6.44. The second-order valence-corrected chi connectivity index (χ2v) is 8.70. The molecular weight excluding hydrogens is 374 g/mol. The molecule has 0 saturated heterocycles. The minimum Gasteiger partial charge on any atom is -0.310 e. The molecule has 0 atom stereocenters. The van der Waals surface area contributed by atoms with Crippen LogP contribution in [0.1, 0.15) is 66.2 Å². The summed E-state index contributed by atoms with van der Waals surface area (Å²) < 4.78 is 1.98. The van der Waals surface area contributed by atoms with E-state index in [9.17, 15) is 4.79 Å². The predicted molar refractivity (Wildman–Crippen MR) is 116 cm³/mol. The lowest BCUT2D eigenvalue weighted by Crippen LogP contribution is -2.36. The molecule has 2 aromatic heterocycles. The third-order valence-corrected chi connectivity index (χ3v) is 6.44. The van der Waals surface area contributed by atoms with Crippen molar-refractivity contribution < 1.29 is 0 Å². The number of hydrogen-bond donors (Lipinski definition) is 1. The summed E-state index contributed by atoms with van der Waals surface area (Å²) in [6.45, 7) is 3.17. The molecule has 3 aromatic rings. The lowest BCUT2D eigenvalue weighted by atomic mass is 9.88. The van der Waals surface area contributed by atoms with Crippen LogP contribution in [0.3, 0.4) is 0 Å². The fourth-order valence-electron chi connectivity index (χ4n) is 4.81. The molecule has 0 bridgehead atoms. The molecular formula is C24H29N5O. The summed E-state index contributed by atoms with van der Waals surface area (Å²) >= 11 is 0. The van der Waals surface area contributed by atoms with Crippen LogP contribution in [0.2, 0.25) is 0 Å². The van der Waals surface area contributed by atoms with E-state index in [2.05, 4.69) is 45.4 Å². The van der Waals surface area contributed by atoms with Crippen molar-refractivity contribution in [3.05, 3.63) is 81.3 Å². The number of benzene rings is 1. The molecule has 0 spiro atoms. The first-order valence-corrected chi connectivity index (χ1v) is 11.1. The topological polar surface area (TPSA) is 66.8 Å². The Labute approximate surface area is 177 Å². The normalized spacial score (nSPS) is 17.7. The molecule has 5 rings (SSSR count). The molecule has 1 fully saturated rings. The van der Waals surface area contributed by atoms with Gasteiger partial charge in [-0.25, -0.2) is 4.98 Å². The molecule has 1 aromatic carbocycles. The number of aromatic amines is 1. The van der Waals surface area contributed by atoms with E-state index in [0.717, 1.165) is 56.0 Å². The van der Waals surface area contributed by atoms with Gasteiger partial charge in [-0.05, 0) is 18.4 Å². The number of nitrogens with one attached hydrogen (secondary N) is 1. The number of hydrogen-bond acceptors (Lipinski definition) is 4. The summed E-state index contributed by atoms with van der Waals surface area (Å²) in [5.74, 6) is 1.36. The predicted octanol–water partition coefficient (Wildman–Crippen LogP) is 3.62. The highest BCUT2D eigenvalue weighted by molar-refractivity contribution is 5.22. The van der Waals surface area contributed by atoms with E-state index in [1.54, 1.807) is 0 Å².